The highest BCUT2D eigenvalue weighted by Gasteiger charge is 2.84. The molecule has 5 aliphatic carbocycles. The van der Waals surface area contributed by atoms with E-state index in [1.807, 2.05) is 4.90 Å². The van der Waals surface area contributed by atoms with E-state index in [9.17, 15) is 20.1 Å². The quantitative estimate of drug-likeness (QED) is 0.426. The minimum atomic E-state index is -1.25. The Hall–Kier alpha value is -0.770. The lowest BCUT2D eigenvalue weighted by atomic mass is 9.41. The number of morpholine rings is 1. The molecule has 2 aliphatic heterocycles. The van der Waals surface area contributed by atoms with Crippen molar-refractivity contribution < 1.29 is 34.3 Å². The molecule has 2 spiro atoms. The largest absolute Gasteiger partial charge is 0.390 e. The van der Waals surface area contributed by atoms with Gasteiger partial charge in [0.25, 0.3) is 0 Å². The highest BCUT2D eigenvalue weighted by Crippen LogP contribution is 2.89. The summed E-state index contributed by atoms with van der Waals surface area (Å²) in [4.78, 5) is 13.9. The monoisotopic (exact) mass is 617 g/mol. The van der Waals surface area contributed by atoms with Crippen LogP contribution in [-0.2, 0) is 19.0 Å². The Bertz CT molecular complexity index is 1170. The molecule has 250 valence electrons. The number of amides is 1. The first-order chi connectivity index (χ1) is 20.4. The van der Waals surface area contributed by atoms with Crippen molar-refractivity contribution in [3.05, 3.63) is 0 Å². The molecule has 3 N–H and O–H groups in total. The van der Waals surface area contributed by atoms with E-state index in [0.717, 1.165) is 32.1 Å². The standard InChI is InChI=1S/C36H59NO7/c1-20-17-22(29(39)32(5,6)41)43-28-27(20)33(7)13-14-36-19-35(36)12-11-25(44-26-18-37(21(2)38)15-16-42-26)31(3,4)23(35)9-10-24(36)34(33,8)30(28)40/h20,22-30,39-41H,9-19H2,1-8H3/t20-,22-,23+,24+,25+,26?,27?,28+,29+,30+,33-,34-,35-,36+/m1/s1. The van der Waals surface area contributed by atoms with Crippen LogP contribution in [0.15, 0.2) is 0 Å². The molecule has 5 saturated carbocycles. The fraction of sp³-hybridized carbons (Fsp3) is 0.972. The summed E-state index contributed by atoms with van der Waals surface area (Å²) in [6, 6.07) is 0. The molecular weight excluding hydrogens is 558 g/mol. The van der Waals surface area contributed by atoms with Crippen molar-refractivity contribution in [2.75, 3.05) is 19.7 Å². The lowest BCUT2D eigenvalue weighted by molar-refractivity contribution is -0.247. The molecule has 44 heavy (non-hydrogen) atoms. The second-order valence-electron chi connectivity index (χ2n) is 18.0. The van der Waals surface area contributed by atoms with Crippen LogP contribution in [0.2, 0.25) is 0 Å². The Morgan fingerprint density at radius 1 is 1.05 bits per heavy atom. The van der Waals surface area contributed by atoms with Crippen molar-refractivity contribution in [1.82, 2.24) is 4.90 Å². The predicted octanol–water partition coefficient (Wildman–Crippen LogP) is 4.52. The third-order valence-electron chi connectivity index (χ3n) is 15.6. The molecule has 2 saturated heterocycles. The number of fused-ring (bicyclic) bond motifs is 4. The average Bonchev–Trinajstić information content (AvgIpc) is 3.58. The first kappa shape index (κ1) is 31.8. The molecule has 0 aromatic heterocycles. The predicted molar refractivity (Wildman–Crippen MR) is 165 cm³/mol. The summed E-state index contributed by atoms with van der Waals surface area (Å²) in [6.07, 6.45) is 6.10. The number of carbonyl (C=O) groups excluding carboxylic acids is 1. The summed E-state index contributed by atoms with van der Waals surface area (Å²) in [7, 11) is 0. The number of rotatable bonds is 4. The van der Waals surface area contributed by atoms with Gasteiger partial charge < -0.3 is 34.4 Å². The van der Waals surface area contributed by atoms with Crippen LogP contribution in [0.4, 0.5) is 0 Å². The second-order valence-corrected chi connectivity index (χ2v) is 18.0. The topological polar surface area (TPSA) is 109 Å². The molecule has 7 rings (SSSR count). The van der Waals surface area contributed by atoms with Gasteiger partial charge >= 0.3 is 0 Å². The Labute approximate surface area is 264 Å². The van der Waals surface area contributed by atoms with Crippen LogP contribution < -0.4 is 0 Å². The zero-order valence-electron chi connectivity index (χ0n) is 28.5. The maximum atomic E-state index is 12.4. The van der Waals surface area contributed by atoms with Gasteiger partial charge in [-0.3, -0.25) is 4.79 Å². The van der Waals surface area contributed by atoms with Gasteiger partial charge in [-0.2, -0.15) is 0 Å². The van der Waals surface area contributed by atoms with Crippen molar-refractivity contribution in [3.63, 3.8) is 0 Å². The number of hydrogen-bond acceptors (Lipinski definition) is 7. The summed E-state index contributed by atoms with van der Waals surface area (Å²) >= 11 is 0. The van der Waals surface area contributed by atoms with Gasteiger partial charge in [0.05, 0.1) is 43.2 Å². The van der Waals surface area contributed by atoms with Gasteiger partial charge in [-0.1, -0.05) is 34.6 Å². The van der Waals surface area contributed by atoms with E-state index in [1.165, 1.54) is 12.8 Å². The first-order valence-electron chi connectivity index (χ1n) is 17.7. The molecule has 14 atom stereocenters. The Morgan fingerprint density at radius 2 is 1.73 bits per heavy atom. The minimum absolute atomic E-state index is 0.00337. The van der Waals surface area contributed by atoms with Crippen molar-refractivity contribution in [2.45, 2.75) is 149 Å². The van der Waals surface area contributed by atoms with Gasteiger partial charge in [-0.25, -0.2) is 0 Å². The molecule has 2 unspecified atom stereocenters. The van der Waals surface area contributed by atoms with E-state index < -0.39 is 23.9 Å². The molecule has 2 heterocycles. The summed E-state index contributed by atoms with van der Waals surface area (Å²) < 4.78 is 19.4. The number of aliphatic hydroxyl groups is 3. The van der Waals surface area contributed by atoms with Crippen LogP contribution in [0.1, 0.15) is 107 Å². The summed E-state index contributed by atoms with van der Waals surface area (Å²) in [5.41, 5.74) is -1.01. The van der Waals surface area contributed by atoms with Crippen LogP contribution in [-0.4, -0.2) is 88.2 Å². The number of carbonyl (C=O) groups is 1. The Morgan fingerprint density at radius 3 is 2.41 bits per heavy atom. The summed E-state index contributed by atoms with van der Waals surface area (Å²) in [5, 5.41) is 34.0. The first-order valence-corrected chi connectivity index (χ1v) is 17.7. The van der Waals surface area contributed by atoms with E-state index >= 15 is 0 Å². The number of hydrogen-bond donors (Lipinski definition) is 3. The van der Waals surface area contributed by atoms with Gasteiger partial charge in [-0.05, 0) is 111 Å². The third kappa shape index (κ3) is 4.00. The highest BCUT2D eigenvalue weighted by atomic mass is 16.7. The molecular formula is C36H59NO7. The molecule has 7 fully saturated rings. The zero-order valence-corrected chi connectivity index (χ0v) is 28.5. The molecule has 0 aromatic rings. The Kier molecular flexibility index (Phi) is 7.14. The summed E-state index contributed by atoms with van der Waals surface area (Å²) in [5.74, 6) is 1.62. The number of aliphatic hydroxyl groups excluding tert-OH is 2. The maximum absolute atomic E-state index is 12.4. The van der Waals surface area contributed by atoms with Gasteiger partial charge in [0, 0.05) is 18.9 Å². The van der Waals surface area contributed by atoms with Crippen molar-refractivity contribution in [1.29, 1.82) is 0 Å². The molecule has 8 heteroatoms. The van der Waals surface area contributed by atoms with Gasteiger partial charge in [-0.15, -0.1) is 0 Å². The SMILES string of the molecule is CC(=O)N1CCOC(O[C@H]2CC[C@]34C[C@]35CC[C@]3(C)C6[C@H](C)C[C@H]([C@H](O)C(C)(C)O)O[C@@H]6[C@H](O)[C@@]3(C)[C@@H]5CC[C@H]4C2(C)C)C1. The second kappa shape index (κ2) is 9.88. The maximum Gasteiger partial charge on any atom is 0.219 e. The molecule has 0 radical (unpaired) electrons. The van der Waals surface area contributed by atoms with Gasteiger partial charge in [0.2, 0.25) is 5.91 Å². The van der Waals surface area contributed by atoms with E-state index in [1.54, 1.807) is 20.8 Å². The van der Waals surface area contributed by atoms with Crippen LogP contribution in [0.3, 0.4) is 0 Å². The zero-order chi connectivity index (χ0) is 31.8. The molecule has 8 nitrogen and oxygen atoms in total. The summed E-state index contributed by atoms with van der Waals surface area (Å²) in [6.45, 7) is 18.5. The smallest absolute Gasteiger partial charge is 0.219 e. The van der Waals surface area contributed by atoms with E-state index in [-0.39, 0.29) is 52.0 Å². The van der Waals surface area contributed by atoms with Crippen LogP contribution in [0.25, 0.3) is 0 Å². The highest BCUT2D eigenvalue weighted by molar-refractivity contribution is 5.73. The fourth-order valence-corrected chi connectivity index (χ4v) is 13.4. The van der Waals surface area contributed by atoms with Crippen molar-refractivity contribution in [3.8, 4) is 0 Å². The molecule has 0 aromatic carbocycles. The Balaban J connectivity index is 1.14. The minimum Gasteiger partial charge on any atom is -0.390 e. The van der Waals surface area contributed by atoms with E-state index in [0.29, 0.717) is 49.3 Å². The molecule has 1 amide bonds. The third-order valence-corrected chi connectivity index (χ3v) is 15.6. The van der Waals surface area contributed by atoms with Gasteiger partial charge in [0.15, 0.2) is 6.29 Å². The van der Waals surface area contributed by atoms with Crippen LogP contribution >= 0.6 is 0 Å². The molecule has 7 aliphatic rings. The lowest BCUT2D eigenvalue weighted by Crippen LogP contribution is -2.60. The van der Waals surface area contributed by atoms with Crippen molar-refractivity contribution >= 4 is 5.91 Å². The lowest BCUT2D eigenvalue weighted by Gasteiger charge is -2.64. The van der Waals surface area contributed by atoms with Crippen LogP contribution in [0.5, 0.6) is 0 Å². The fourth-order valence-electron chi connectivity index (χ4n) is 13.4. The van der Waals surface area contributed by atoms with Crippen molar-refractivity contribution in [2.24, 2.45) is 50.7 Å². The normalized spacial score (nSPS) is 53.4. The van der Waals surface area contributed by atoms with E-state index in [2.05, 4.69) is 34.6 Å². The molecule has 0 bridgehead atoms. The van der Waals surface area contributed by atoms with Crippen LogP contribution in [0, 0.1) is 50.7 Å². The average molecular weight is 618 g/mol. The van der Waals surface area contributed by atoms with E-state index in [4.69, 9.17) is 14.2 Å². The number of ether oxygens (including phenoxy) is 3. The van der Waals surface area contributed by atoms with Gasteiger partial charge in [0.1, 0.15) is 6.10 Å². The number of nitrogens with zero attached hydrogens (tertiary/aromatic N) is 1.